The van der Waals surface area contributed by atoms with Crippen LogP contribution in [0.1, 0.15) is 11.1 Å². The molecule has 0 aliphatic carbocycles. The van der Waals surface area contributed by atoms with E-state index in [1.165, 1.54) is 22.6 Å². The maximum absolute atomic E-state index is 13.2. The average Bonchev–Trinajstić information content (AvgIpc) is 2.42. The number of rotatable bonds is 5. The second kappa shape index (κ2) is 7.11. The standard InChI is InChI=1S/C16H17ClFNS/c1-11-4-2-3-5-16(11)20-10-14(19)9-12-8-13(18)6-7-15(12)17/h2-8,14H,9-10,19H2,1H3. The van der Waals surface area contributed by atoms with Crippen LogP contribution in [0.25, 0.3) is 0 Å². The summed E-state index contributed by atoms with van der Waals surface area (Å²) in [4.78, 5) is 1.23. The molecule has 0 saturated carbocycles. The third-order valence-electron chi connectivity index (χ3n) is 3.04. The van der Waals surface area contributed by atoms with E-state index in [0.717, 1.165) is 11.3 Å². The van der Waals surface area contributed by atoms with Gasteiger partial charge in [0.2, 0.25) is 0 Å². The minimum absolute atomic E-state index is 0.0566. The lowest BCUT2D eigenvalue weighted by Crippen LogP contribution is -2.25. The van der Waals surface area contributed by atoms with Gasteiger partial charge >= 0.3 is 0 Å². The molecule has 1 nitrogen and oxygen atoms in total. The van der Waals surface area contributed by atoms with E-state index in [0.29, 0.717) is 11.4 Å². The van der Waals surface area contributed by atoms with Crippen molar-refractivity contribution < 1.29 is 4.39 Å². The van der Waals surface area contributed by atoms with E-state index in [2.05, 4.69) is 19.1 Å². The van der Waals surface area contributed by atoms with E-state index < -0.39 is 0 Å². The molecule has 0 aromatic heterocycles. The zero-order valence-electron chi connectivity index (χ0n) is 11.3. The fourth-order valence-electron chi connectivity index (χ4n) is 1.96. The molecule has 2 N–H and O–H groups in total. The molecule has 0 saturated heterocycles. The van der Waals surface area contributed by atoms with Crippen LogP contribution >= 0.6 is 23.4 Å². The first-order valence-electron chi connectivity index (χ1n) is 6.44. The first-order chi connectivity index (χ1) is 9.56. The molecule has 2 aromatic carbocycles. The number of hydrogen-bond donors (Lipinski definition) is 1. The van der Waals surface area contributed by atoms with Gasteiger partial charge in [-0.25, -0.2) is 4.39 Å². The van der Waals surface area contributed by atoms with Crippen LogP contribution < -0.4 is 5.73 Å². The molecule has 2 aromatic rings. The Labute approximate surface area is 128 Å². The molecule has 0 aliphatic heterocycles. The van der Waals surface area contributed by atoms with Crippen LogP contribution in [-0.2, 0) is 6.42 Å². The third kappa shape index (κ3) is 4.23. The molecule has 0 bridgehead atoms. The number of benzene rings is 2. The highest BCUT2D eigenvalue weighted by Crippen LogP contribution is 2.24. The second-order valence-electron chi connectivity index (χ2n) is 4.78. The summed E-state index contributed by atoms with van der Waals surface area (Å²) in [5.74, 6) is 0.501. The van der Waals surface area contributed by atoms with Crippen LogP contribution in [0.15, 0.2) is 47.4 Å². The Kier molecular flexibility index (Phi) is 5.46. The summed E-state index contributed by atoms with van der Waals surface area (Å²) >= 11 is 7.78. The van der Waals surface area contributed by atoms with Gasteiger partial charge < -0.3 is 5.73 Å². The van der Waals surface area contributed by atoms with Gasteiger partial charge in [-0.15, -0.1) is 11.8 Å². The Morgan fingerprint density at radius 3 is 2.75 bits per heavy atom. The Hall–Kier alpha value is -1.03. The number of aryl methyl sites for hydroxylation is 1. The molecular weight excluding hydrogens is 293 g/mol. The van der Waals surface area contributed by atoms with Crippen molar-refractivity contribution in [2.75, 3.05) is 5.75 Å². The minimum Gasteiger partial charge on any atom is -0.327 e. The monoisotopic (exact) mass is 309 g/mol. The van der Waals surface area contributed by atoms with Gasteiger partial charge in [0.1, 0.15) is 5.82 Å². The third-order valence-corrected chi connectivity index (χ3v) is 4.77. The first kappa shape index (κ1) is 15.4. The first-order valence-corrected chi connectivity index (χ1v) is 7.80. The van der Waals surface area contributed by atoms with Crippen molar-refractivity contribution in [2.24, 2.45) is 5.73 Å². The predicted octanol–water partition coefficient (Wildman–Crippen LogP) is 4.45. The highest BCUT2D eigenvalue weighted by molar-refractivity contribution is 7.99. The van der Waals surface area contributed by atoms with E-state index in [4.69, 9.17) is 17.3 Å². The van der Waals surface area contributed by atoms with Crippen LogP contribution in [0, 0.1) is 12.7 Å². The fraction of sp³-hybridized carbons (Fsp3) is 0.250. The maximum atomic E-state index is 13.2. The molecule has 0 heterocycles. The molecular formula is C16H17ClFNS. The highest BCUT2D eigenvalue weighted by Gasteiger charge is 2.10. The SMILES string of the molecule is Cc1ccccc1SCC(N)Cc1cc(F)ccc1Cl. The summed E-state index contributed by atoms with van der Waals surface area (Å²) in [6.45, 7) is 2.08. The average molecular weight is 310 g/mol. The topological polar surface area (TPSA) is 26.0 Å². The molecule has 0 aliphatic rings. The summed E-state index contributed by atoms with van der Waals surface area (Å²) < 4.78 is 13.2. The molecule has 0 fully saturated rings. The number of halogens is 2. The molecule has 0 radical (unpaired) electrons. The molecule has 106 valence electrons. The zero-order chi connectivity index (χ0) is 14.5. The maximum Gasteiger partial charge on any atom is 0.123 e. The summed E-state index contributed by atoms with van der Waals surface area (Å²) in [6.07, 6.45) is 0.579. The summed E-state index contributed by atoms with van der Waals surface area (Å²) in [5, 5.41) is 0.572. The quantitative estimate of drug-likeness (QED) is 0.826. The molecule has 4 heteroatoms. The van der Waals surface area contributed by atoms with Crippen molar-refractivity contribution in [2.45, 2.75) is 24.3 Å². The molecule has 2 rings (SSSR count). The van der Waals surface area contributed by atoms with Gasteiger partial charge in [-0.2, -0.15) is 0 Å². The Balaban J connectivity index is 1.94. The van der Waals surface area contributed by atoms with Crippen molar-refractivity contribution in [3.63, 3.8) is 0 Å². The summed E-state index contributed by atoms with van der Waals surface area (Å²) in [6, 6.07) is 12.5. The van der Waals surface area contributed by atoms with Crippen LogP contribution in [0.2, 0.25) is 5.02 Å². The second-order valence-corrected chi connectivity index (χ2v) is 6.25. The lowest BCUT2D eigenvalue weighted by atomic mass is 10.1. The van der Waals surface area contributed by atoms with Gasteiger partial charge in [-0.05, 0) is 48.7 Å². The predicted molar refractivity (Wildman–Crippen MR) is 85.0 cm³/mol. The van der Waals surface area contributed by atoms with E-state index in [-0.39, 0.29) is 11.9 Å². The van der Waals surface area contributed by atoms with Crippen LogP contribution in [0.3, 0.4) is 0 Å². The van der Waals surface area contributed by atoms with Crippen LogP contribution in [0.5, 0.6) is 0 Å². The summed E-state index contributed by atoms with van der Waals surface area (Å²) in [7, 11) is 0. The Morgan fingerprint density at radius 1 is 1.25 bits per heavy atom. The van der Waals surface area contributed by atoms with E-state index >= 15 is 0 Å². The minimum atomic E-state index is -0.275. The van der Waals surface area contributed by atoms with Crippen LogP contribution in [-0.4, -0.2) is 11.8 Å². The van der Waals surface area contributed by atoms with Crippen molar-refractivity contribution in [1.29, 1.82) is 0 Å². The van der Waals surface area contributed by atoms with Crippen molar-refractivity contribution >= 4 is 23.4 Å². The van der Waals surface area contributed by atoms with Gasteiger partial charge in [0.05, 0.1) is 0 Å². The lowest BCUT2D eigenvalue weighted by molar-refractivity contribution is 0.623. The van der Waals surface area contributed by atoms with E-state index in [1.807, 2.05) is 12.1 Å². The van der Waals surface area contributed by atoms with Gasteiger partial charge in [0.25, 0.3) is 0 Å². The van der Waals surface area contributed by atoms with Crippen molar-refractivity contribution in [3.8, 4) is 0 Å². The van der Waals surface area contributed by atoms with Gasteiger partial charge in [-0.3, -0.25) is 0 Å². The normalized spacial score (nSPS) is 12.4. The number of nitrogens with two attached hydrogens (primary N) is 1. The fourth-order valence-corrected chi connectivity index (χ4v) is 3.13. The molecule has 20 heavy (non-hydrogen) atoms. The van der Waals surface area contributed by atoms with Crippen molar-refractivity contribution in [3.05, 3.63) is 64.4 Å². The summed E-state index contributed by atoms with van der Waals surface area (Å²) in [5.41, 5.74) is 8.13. The van der Waals surface area contributed by atoms with Gasteiger partial charge in [0, 0.05) is 21.7 Å². The van der Waals surface area contributed by atoms with E-state index in [9.17, 15) is 4.39 Å². The largest absolute Gasteiger partial charge is 0.327 e. The zero-order valence-corrected chi connectivity index (χ0v) is 12.8. The van der Waals surface area contributed by atoms with Gasteiger partial charge in [0.15, 0.2) is 0 Å². The van der Waals surface area contributed by atoms with Gasteiger partial charge in [-0.1, -0.05) is 29.8 Å². The molecule has 1 atom stereocenters. The van der Waals surface area contributed by atoms with E-state index in [1.54, 1.807) is 17.8 Å². The molecule has 1 unspecified atom stereocenters. The number of thioether (sulfide) groups is 1. The van der Waals surface area contributed by atoms with Crippen molar-refractivity contribution in [1.82, 2.24) is 0 Å². The molecule has 0 spiro atoms. The Morgan fingerprint density at radius 2 is 2.00 bits per heavy atom. The lowest BCUT2D eigenvalue weighted by Gasteiger charge is -2.13. The highest BCUT2D eigenvalue weighted by atomic mass is 35.5. The van der Waals surface area contributed by atoms with Crippen LogP contribution in [0.4, 0.5) is 4.39 Å². The molecule has 0 amide bonds. The smallest absolute Gasteiger partial charge is 0.123 e. The Bertz CT molecular complexity index is 588. The number of hydrogen-bond acceptors (Lipinski definition) is 2.